The second kappa shape index (κ2) is 8.68. The third-order valence-electron chi connectivity index (χ3n) is 4.60. The lowest BCUT2D eigenvalue weighted by Crippen LogP contribution is -2.25. The predicted octanol–water partition coefficient (Wildman–Crippen LogP) is 2.99. The van der Waals surface area contributed by atoms with Crippen molar-refractivity contribution in [2.45, 2.75) is 25.3 Å². The van der Waals surface area contributed by atoms with E-state index in [1.165, 1.54) is 0 Å². The van der Waals surface area contributed by atoms with E-state index in [1.807, 2.05) is 36.4 Å². The van der Waals surface area contributed by atoms with Crippen LogP contribution in [0.5, 0.6) is 11.5 Å². The Kier molecular flexibility index (Phi) is 6.08. The van der Waals surface area contributed by atoms with Crippen LogP contribution in [0.3, 0.4) is 0 Å². The molecular weight excluding hydrogens is 342 g/mol. The molecule has 0 saturated heterocycles. The highest BCUT2D eigenvalue weighted by atomic mass is 16.5. The number of aliphatic imine (C=N–C) groups is 1. The standard InChI is InChI=1S/C21H25N3O3/c1-26-18-12-15-17(13-19(18)27-2)24-21(25)16(10-6-7-11-22)23-20(15)14-8-4-3-5-9-14/h3-5,8-9,12-13,16H,6-7,10-11,22H2,1-2H3,(H,24,25)/t16-/m0/s1. The SMILES string of the molecule is COc1cc2c(cc1OC)C(c1ccccc1)=N[C@@H](CCCCN)C(=O)N2. The Hall–Kier alpha value is -2.86. The van der Waals surface area contributed by atoms with Gasteiger partial charge < -0.3 is 20.5 Å². The lowest BCUT2D eigenvalue weighted by atomic mass is 9.99. The number of methoxy groups -OCH3 is 2. The molecule has 1 amide bonds. The summed E-state index contributed by atoms with van der Waals surface area (Å²) in [6.07, 6.45) is 2.37. The molecule has 1 heterocycles. The maximum absolute atomic E-state index is 12.8. The molecule has 27 heavy (non-hydrogen) atoms. The van der Waals surface area contributed by atoms with E-state index in [-0.39, 0.29) is 5.91 Å². The first kappa shape index (κ1) is 18.9. The van der Waals surface area contributed by atoms with Crippen molar-refractivity contribution < 1.29 is 14.3 Å². The maximum atomic E-state index is 12.8. The zero-order valence-electron chi connectivity index (χ0n) is 15.7. The number of nitrogens with two attached hydrogens (primary N) is 1. The molecule has 2 aromatic carbocycles. The molecule has 0 saturated carbocycles. The van der Waals surface area contributed by atoms with Gasteiger partial charge in [-0.05, 0) is 31.9 Å². The van der Waals surface area contributed by atoms with Crippen LogP contribution in [0, 0.1) is 0 Å². The van der Waals surface area contributed by atoms with E-state index in [1.54, 1.807) is 20.3 Å². The average molecular weight is 367 g/mol. The summed E-state index contributed by atoms with van der Waals surface area (Å²) in [5.74, 6) is 1.03. The third kappa shape index (κ3) is 4.11. The van der Waals surface area contributed by atoms with Crippen molar-refractivity contribution in [1.82, 2.24) is 0 Å². The van der Waals surface area contributed by atoms with Crippen LogP contribution in [-0.2, 0) is 4.79 Å². The van der Waals surface area contributed by atoms with Gasteiger partial charge in [-0.15, -0.1) is 0 Å². The number of benzodiazepines with no additional fused rings is 1. The number of hydrogen-bond donors (Lipinski definition) is 2. The fraction of sp³-hybridized carbons (Fsp3) is 0.333. The molecule has 0 spiro atoms. The lowest BCUT2D eigenvalue weighted by molar-refractivity contribution is -0.117. The Bertz CT molecular complexity index is 834. The molecule has 142 valence electrons. The van der Waals surface area contributed by atoms with Crippen molar-refractivity contribution in [1.29, 1.82) is 0 Å². The summed E-state index contributed by atoms with van der Waals surface area (Å²) < 4.78 is 10.8. The first-order valence-corrected chi connectivity index (χ1v) is 9.08. The van der Waals surface area contributed by atoms with E-state index in [9.17, 15) is 4.79 Å². The van der Waals surface area contributed by atoms with Crippen LogP contribution in [-0.4, -0.2) is 38.4 Å². The van der Waals surface area contributed by atoms with Gasteiger partial charge in [0.1, 0.15) is 6.04 Å². The van der Waals surface area contributed by atoms with Gasteiger partial charge in [0.05, 0.1) is 25.6 Å². The zero-order chi connectivity index (χ0) is 19.2. The monoisotopic (exact) mass is 367 g/mol. The normalized spacial score (nSPS) is 16.0. The summed E-state index contributed by atoms with van der Waals surface area (Å²) in [7, 11) is 3.17. The van der Waals surface area contributed by atoms with Gasteiger partial charge in [-0.25, -0.2) is 0 Å². The van der Waals surface area contributed by atoms with Gasteiger partial charge in [0.15, 0.2) is 11.5 Å². The first-order chi connectivity index (χ1) is 13.2. The minimum absolute atomic E-state index is 0.119. The van der Waals surface area contributed by atoms with E-state index < -0.39 is 6.04 Å². The molecule has 2 aromatic rings. The molecule has 3 rings (SSSR count). The summed E-state index contributed by atoms with van der Waals surface area (Å²) in [5.41, 5.74) is 8.79. The summed E-state index contributed by atoms with van der Waals surface area (Å²) >= 11 is 0. The van der Waals surface area contributed by atoms with E-state index in [4.69, 9.17) is 20.2 Å². The molecule has 0 aliphatic carbocycles. The van der Waals surface area contributed by atoms with Gasteiger partial charge >= 0.3 is 0 Å². The Labute approximate surface area is 159 Å². The third-order valence-corrected chi connectivity index (χ3v) is 4.60. The number of rotatable bonds is 7. The Morgan fingerprint density at radius 2 is 1.78 bits per heavy atom. The van der Waals surface area contributed by atoms with Crippen molar-refractivity contribution in [2.24, 2.45) is 10.7 Å². The maximum Gasteiger partial charge on any atom is 0.249 e. The number of amides is 1. The van der Waals surface area contributed by atoms with E-state index in [0.717, 1.165) is 29.7 Å². The first-order valence-electron chi connectivity index (χ1n) is 9.08. The highest BCUT2D eigenvalue weighted by Crippen LogP contribution is 2.36. The van der Waals surface area contributed by atoms with Gasteiger partial charge in [0, 0.05) is 17.2 Å². The van der Waals surface area contributed by atoms with Gasteiger partial charge in [0.2, 0.25) is 5.91 Å². The number of benzene rings is 2. The molecule has 1 atom stereocenters. The molecule has 6 nitrogen and oxygen atoms in total. The van der Waals surface area contributed by atoms with Crippen LogP contribution >= 0.6 is 0 Å². The molecule has 1 aliphatic rings. The quantitative estimate of drug-likeness (QED) is 0.737. The summed E-state index contributed by atoms with van der Waals surface area (Å²) in [6, 6.07) is 13.0. The van der Waals surface area contributed by atoms with Crippen molar-refractivity contribution in [3.8, 4) is 11.5 Å². The number of carbonyl (C=O) groups is 1. The minimum Gasteiger partial charge on any atom is -0.493 e. The minimum atomic E-state index is -0.462. The molecule has 3 N–H and O–H groups in total. The fourth-order valence-electron chi connectivity index (χ4n) is 3.18. The molecule has 0 radical (unpaired) electrons. The largest absolute Gasteiger partial charge is 0.493 e. The van der Waals surface area contributed by atoms with Gasteiger partial charge in [0.25, 0.3) is 0 Å². The predicted molar refractivity (Wildman–Crippen MR) is 107 cm³/mol. The zero-order valence-corrected chi connectivity index (χ0v) is 15.7. The molecule has 0 bridgehead atoms. The van der Waals surface area contributed by atoms with Crippen LogP contribution < -0.4 is 20.5 Å². The number of carbonyl (C=O) groups excluding carboxylic acids is 1. The van der Waals surface area contributed by atoms with Crippen LogP contribution in [0.4, 0.5) is 5.69 Å². The number of anilines is 1. The van der Waals surface area contributed by atoms with Crippen LogP contribution in [0.15, 0.2) is 47.5 Å². The molecular formula is C21H25N3O3. The van der Waals surface area contributed by atoms with E-state index >= 15 is 0 Å². The van der Waals surface area contributed by atoms with Gasteiger partial charge in [-0.2, -0.15) is 0 Å². The number of nitrogens with one attached hydrogen (secondary N) is 1. The Morgan fingerprint density at radius 3 is 2.44 bits per heavy atom. The number of ether oxygens (including phenoxy) is 2. The topological polar surface area (TPSA) is 85.9 Å². The molecule has 0 aromatic heterocycles. The average Bonchev–Trinajstić information content (AvgIpc) is 2.83. The molecule has 1 aliphatic heterocycles. The number of hydrogen-bond acceptors (Lipinski definition) is 5. The van der Waals surface area contributed by atoms with Gasteiger partial charge in [-0.1, -0.05) is 30.3 Å². The summed E-state index contributed by atoms with van der Waals surface area (Å²) in [6.45, 7) is 0.609. The van der Waals surface area contributed by atoms with E-state index in [0.29, 0.717) is 30.2 Å². The highest BCUT2D eigenvalue weighted by molar-refractivity contribution is 6.20. The van der Waals surface area contributed by atoms with Crippen molar-refractivity contribution in [3.63, 3.8) is 0 Å². The summed E-state index contributed by atoms with van der Waals surface area (Å²) in [5, 5.41) is 3.00. The Balaban J connectivity index is 2.11. The number of fused-ring (bicyclic) bond motifs is 1. The second-order valence-corrected chi connectivity index (χ2v) is 6.39. The number of unbranched alkanes of at least 4 members (excludes halogenated alkanes) is 1. The summed E-state index contributed by atoms with van der Waals surface area (Å²) in [4.78, 5) is 17.6. The van der Waals surface area contributed by atoms with Crippen molar-refractivity contribution in [2.75, 3.05) is 26.1 Å². The van der Waals surface area contributed by atoms with Crippen LogP contribution in [0.2, 0.25) is 0 Å². The van der Waals surface area contributed by atoms with Crippen molar-refractivity contribution >= 4 is 17.3 Å². The van der Waals surface area contributed by atoms with Crippen LogP contribution in [0.25, 0.3) is 0 Å². The molecule has 0 unspecified atom stereocenters. The highest BCUT2D eigenvalue weighted by Gasteiger charge is 2.27. The van der Waals surface area contributed by atoms with Gasteiger partial charge in [-0.3, -0.25) is 9.79 Å². The molecule has 6 heteroatoms. The lowest BCUT2D eigenvalue weighted by Gasteiger charge is -2.15. The van der Waals surface area contributed by atoms with Crippen molar-refractivity contribution in [3.05, 3.63) is 53.6 Å². The second-order valence-electron chi connectivity index (χ2n) is 6.39. The fourth-order valence-corrected chi connectivity index (χ4v) is 3.18. The van der Waals surface area contributed by atoms with E-state index in [2.05, 4.69) is 5.32 Å². The van der Waals surface area contributed by atoms with Crippen LogP contribution in [0.1, 0.15) is 30.4 Å². The molecule has 0 fully saturated rings. The number of nitrogens with zero attached hydrogens (tertiary/aromatic N) is 1. The smallest absolute Gasteiger partial charge is 0.249 e. The Morgan fingerprint density at radius 1 is 1.07 bits per heavy atom.